The number of hydrogen-bond acceptors (Lipinski definition) is 4. The molecule has 1 aliphatic carbocycles. The molecule has 1 atom stereocenters. The van der Waals surface area contributed by atoms with Crippen LogP contribution in [0.25, 0.3) is 0 Å². The minimum atomic E-state index is 0.0638. The average molecular weight is 390 g/mol. The van der Waals surface area contributed by atoms with Gasteiger partial charge in [0, 0.05) is 25.6 Å². The van der Waals surface area contributed by atoms with Gasteiger partial charge in [-0.15, -0.1) is 10.2 Å². The van der Waals surface area contributed by atoms with Crippen molar-refractivity contribution in [1.29, 1.82) is 0 Å². The van der Waals surface area contributed by atoms with Crippen molar-refractivity contribution in [3.63, 3.8) is 0 Å². The maximum Gasteiger partial charge on any atom is 0.272 e. The molecule has 5 rings (SSSR count). The Morgan fingerprint density at radius 1 is 1.14 bits per heavy atom. The van der Waals surface area contributed by atoms with E-state index in [1.165, 1.54) is 5.56 Å². The van der Waals surface area contributed by atoms with Gasteiger partial charge in [-0.05, 0) is 38.2 Å². The van der Waals surface area contributed by atoms with Gasteiger partial charge in [0.05, 0.1) is 18.3 Å². The van der Waals surface area contributed by atoms with E-state index in [9.17, 15) is 4.79 Å². The zero-order valence-corrected chi connectivity index (χ0v) is 17.0. The molecule has 1 aromatic carbocycles. The summed E-state index contributed by atoms with van der Waals surface area (Å²) in [5.41, 5.74) is 4.22. The highest BCUT2D eigenvalue weighted by Crippen LogP contribution is 2.28. The Hall–Kier alpha value is -2.96. The number of aromatic nitrogens is 5. The van der Waals surface area contributed by atoms with Gasteiger partial charge in [-0.25, -0.2) is 0 Å². The molecule has 0 radical (unpaired) electrons. The van der Waals surface area contributed by atoms with Gasteiger partial charge < -0.3 is 9.47 Å². The molecule has 0 saturated carbocycles. The summed E-state index contributed by atoms with van der Waals surface area (Å²) in [6.07, 6.45) is 4.97. The van der Waals surface area contributed by atoms with Gasteiger partial charge in [-0.1, -0.05) is 30.3 Å². The van der Waals surface area contributed by atoms with Crippen molar-refractivity contribution in [2.45, 2.75) is 51.6 Å². The summed E-state index contributed by atoms with van der Waals surface area (Å²) in [6, 6.07) is 10.5. The molecule has 2 aromatic heterocycles. The number of hydrogen-bond donors (Lipinski definition) is 0. The van der Waals surface area contributed by atoms with Crippen molar-refractivity contribution < 1.29 is 4.79 Å². The van der Waals surface area contributed by atoms with E-state index in [-0.39, 0.29) is 11.9 Å². The van der Waals surface area contributed by atoms with E-state index in [1.54, 1.807) is 4.68 Å². The minimum absolute atomic E-state index is 0.0638. The van der Waals surface area contributed by atoms with Crippen LogP contribution in [0.15, 0.2) is 30.3 Å². The molecule has 1 amide bonds. The Morgan fingerprint density at radius 3 is 2.76 bits per heavy atom. The van der Waals surface area contributed by atoms with Crippen LogP contribution < -0.4 is 0 Å². The number of carbonyl (C=O) groups excluding carboxylic acids is 1. The van der Waals surface area contributed by atoms with Crippen molar-refractivity contribution in [3.8, 4) is 0 Å². The number of fused-ring (bicyclic) bond motifs is 2. The number of benzene rings is 1. The Balaban J connectivity index is 1.41. The molecule has 29 heavy (non-hydrogen) atoms. The third-order valence-electron chi connectivity index (χ3n) is 6.11. The summed E-state index contributed by atoms with van der Waals surface area (Å²) in [5, 5.41) is 13.5. The molecule has 2 aliphatic rings. The molecule has 0 N–H and O–H groups in total. The molecule has 7 heteroatoms. The van der Waals surface area contributed by atoms with Crippen LogP contribution in [0.5, 0.6) is 0 Å². The van der Waals surface area contributed by atoms with Gasteiger partial charge in [0.15, 0.2) is 5.82 Å². The first kappa shape index (κ1) is 18.1. The van der Waals surface area contributed by atoms with Crippen LogP contribution in [0.2, 0.25) is 0 Å². The number of nitrogens with zero attached hydrogens (tertiary/aromatic N) is 6. The fourth-order valence-electron chi connectivity index (χ4n) is 4.77. The lowest BCUT2D eigenvalue weighted by Gasteiger charge is -2.33. The topological polar surface area (TPSA) is 68.8 Å². The van der Waals surface area contributed by atoms with Crippen molar-refractivity contribution in [2.75, 3.05) is 6.54 Å². The molecular formula is C22H26N6O. The van der Waals surface area contributed by atoms with Crippen molar-refractivity contribution in [3.05, 3.63) is 64.5 Å². The normalized spacial score (nSPS) is 18.4. The largest absolute Gasteiger partial charge is 0.328 e. The molecule has 3 aromatic rings. The SMILES string of the molecule is C[C@H]1CN(C(=O)c2c3c(nn2C)CCCC3)Cc2nnc(Cc3ccccc3)n21. The lowest BCUT2D eigenvalue weighted by Crippen LogP contribution is -2.41. The van der Waals surface area contributed by atoms with Crippen molar-refractivity contribution in [1.82, 2.24) is 29.4 Å². The van der Waals surface area contributed by atoms with Gasteiger partial charge >= 0.3 is 0 Å². The molecule has 3 heterocycles. The van der Waals surface area contributed by atoms with Crippen LogP contribution in [0.3, 0.4) is 0 Å². The standard InChI is InChI=1S/C22H26N6O/c1-15-13-27(22(29)21-17-10-6-7-11-18(17)25-26(21)2)14-20-24-23-19(28(15)20)12-16-8-4-3-5-9-16/h3-5,8-9,15H,6-7,10-14H2,1-2H3/t15-/m0/s1. The maximum atomic E-state index is 13.4. The van der Waals surface area contributed by atoms with Gasteiger partial charge in [0.1, 0.15) is 11.5 Å². The van der Waals surface area contributed by atoms with Crippen molar-refractivity contribution >= 4 is 5.91 Å². The molecule has 0 bridgehead atoms. The van der Waals surface area contributed by atoms with E-state index in [1.807, 2.05) is 30.1 Å². The molecule has 0 fully saturated rings. The van der Waals surface area contributed by atoms with E-state index in [0.29, 0.717) is 13.1 Å². The van der Waals surface area contributed by atoms with E-state index < -0.39 is 0 Å². The summed E-state index contributed by atoms with van der Waals surface area (Å²) in [5.74, 6) is 1.89. The number of carbonyl (C=O) groups is 1. The third kappa shape index (κ3) is 3.14. The highest BCUT2D eigenvalue weighted by atomic mass is 16.2. The van der Waals surface area contributed by atoms with Crippen LogP contribution in [-0.4, -0.2) is 41.9 Å². The van der Waals surface area contributed by atoms with Crippen LogP contribution in [0, 0.1) is 0 Å². The zero-order valence-electron chi connectivity index (χ0n) is 17.0. The Morgan fingerprint density at radius 2 is 1.93 bits per heavy atom. The number of amides is 1. The maximum absolute atomic E-state index is 13.4. The van der Waals surface area contributed by atoms with Gasteiger partial charge in [0.2, 0.25) is 0 Å². The van der Waals surface area contributed by atoms with Gasteiger partial charge in [0.25, 0.3) is 5.91 Å². The second-order valence-corrected chi connectivity index (χ2v) is 8.20. The average Bonchev–Trinajstić information content (AvgIpc) is 3.28. The zero-order chi connectivity index (χ0) is 20.0. The number of aryl methyl sites for hydroxylation is 2. The quantitative estimate of drug-likeness (QED) is 0.690. The summed E-state index contributed by atoms with van der Waals surface area (Å²) in [4.78, 5) is 15.3. The number of rotatable bonds is 3. The predicted octanol–water partition coefficient (Wildman–Crippen LogP) is 2.70. The molecule has 1 aliphatic heterocycles. The third-order valence-corrected chi connectivity index (χ3v) is 6.11. The lowest BCUT2D eigenvalue weighted by atomic mass is 9.95. The highest BCUT2D eigenvalue weighted by Gasteiger charge is 2.33. The van der Waals surface area contributed by atoms with Crippen LogP contribution in [0.4, 0.5) is 0 Å². The predicted molar refractivity (Wildman–Crippen MR) is 109 cm³/mol. The molecule has 0 unspecified atom stereocenters. The first-order valence-corrected chi connectivity index (χ1v) is 10.4. The van der Waals surface area contributed by atoms with Crippen LogP contribution in [-0.2, 0) is 32.9 Å². The van der Waals surface area contributed by atoms with Gasteiger partial charge in [-0.3, -0.25) is 9.48 Å². The fraction of sp³-hybridized carbons (Fsp3) is 0.455. The Labute approximate surface area is 170 Å². The lowest BCUT2D eigenvalue weighted by molar-refractivity contribution is 0.0667. The monoisotopic (exact) mass is 390 g/mol. The molecule has 7 nitrogen and oxygen atoms in total. The van der Waals surface area contributed by atoms with E-state index >= 15 is 0 Å². The molecule has 0 spiro atoms. The second kappa shape index (κ2) is 7.13. The molecule has 0 saturated heterocycles. The van der Waals surface area contributed by atoms with Gasteiger partial charge in [-0.2, -0.15) is 5.10 Å². The smallest absolute Gasteiger partial charge is 0.272 e. The minimum Gasteiger partial charge on any atom is -0.328 e. The van der Waals surface area contributed by atoms with E-state index in [2.05, 4.69) is 38.9 Å². The van der Waals surface area contributed by atoms with Crippen LogP contribution in [0.1, 0.15) is 64.8 Å². The fourth-order valence-corrected chi connectivity index (χ4v) is 4.77. The Kier molecular flexibility index (Phi) is 4.45. The molecular weight excluding hydrogens is 364 g/mol. The summed E-state index contributed by atoms with van der Waals surface area (Å²) in [6.45, 7) is 3.29. The summed E-state index contributed by atoms with van der Waals surface area (Å²) >= 11 is 0. The first-order chi connectivity index (χ1) is 14.1. The van der Waals surface area contributed by atoms with E-state index in [4.69, 9.17) is 0 Å². The summed E-state index contributed by atoms with van der Waals surface area (Å²) in [7, 11) is 1.89. The highest BCUT2D eigenvalue weighted by molar-refractivity contribution is 5.94. The molecule has 150 valence electrons. The van der Waals surface area contributed by atoms with Crippen molar-refractivity contribution in [2.24, 2.45) is 7.05 Å². The van der Waals surface area contributed by atoms with E-state index in [0.717, 1.165) is 60.7 Å². The summed E-state index contributed by atoms with van der Waals surface area (Å²) < 4.78 is 3.98. The second-order valence-electron chi connectivity index (χ2n) is 8.20. The Bertz CT molecular complexity index is 1050. The van der Waals surface area contributed by atoms with Crippen LogP contribution >= 0.6 is 0 Å². The first-order valence-electron chi connectivity index (χ1n) is 10.4.